The second kappa shape index (κ2) is 8.77. The van der Waals surface area contributed by atoms with E-state index in [0.717, 1.165) is 28.1 Å². The van der Waals surface area contributed by atoms with Crippen LogP contribution in [0, 0.1) is 5.82 Å². The first kappa shape index (κ1) is 21.3. The lowest BCUT2D eigenvalue weighted by Gasteiger charge is -2.37. The van der Waals surface area contributed by atoms with E-state index in [1.54, 1.807) is 24.3 Å². The summed E-state index contributed by atoms with van der Waals surface area (Å²) in [5.74, 6) is 0.524. The highest BCUT2D eigenvalue weighted by Gasteiger charge is 2.34. The SMILES string of the molecule is CC1=C(c2nc(-c3ccccc3)no2)C(c2ccc(F)cc2)NC(=S)N1c1ccc(Cl)cc1. The number of halogens is 2. The first-order valence-electron chi connectivity index (χ1n) is 10.2. The zero-order valence-corrected chi connectivity index (χ0v) is 19.1. The van der Waals surface area contributed by atoms with Crippen molar-refractivity contribution in [3.63, 3.8) is 0 Å². The predicted molar refractivity (Wildman–Crippen MR) is 131 cm³/mol. The fraction of sp³-hybridized carbons (Fsp3) is 0.0800. The van der Waals surface area contributed by atoms with Crippen molar-refractivity contribution < 1.29 is 8.91 Å². The molecule has 33 heavy (non-hydrogen) atoms. The molecule has 0 aliphatic carbocycles. The minimum absolute atomic E-state index is 0.314. The fourth-order valence-corrected chi connectivity index (χ4v) is 4.35. The largest absolute Gasteiger partial charge is 0.351 e. The molecule has 0 fully saturated rings. The van der Waals surface area contributed by atoms with Gasteiger partial charge in [0, 0.05) is 22.0 Å². The third kappa shape index (κ3) is 4.13. The summed E-state index contributed by atoms with van der Waals surface area (Å²) in [5.41, 5.74) is 4.08. The van der Waals surface area contributed by atoms with Crippen LogP contribution in [0.2, 0.25) is 5.02 Å². The van der Waals surface area contributed by atoms with E-state index >= 15 is 0 Å². The van der Waals surface area contributed by atoms with E-state index < -0.39 is 6.04 Å². The lowest BCUT2D eigenvalue weighted by molar-refractivity contribution is 0.404. The molecule has 8 heteroatoms. The number of nitrogens with zero attached hydrogens (tertiary/aromatic N) is 3. The van der Waals surface area contributed by atoms with Crippen molar-refractivity contribution in [2.24, 2.45) is 0 Å². The maximum atomic E-state index is 13.6. The van der Waals surface area contributed by atoms with Crippen molar-refractivity contribution in [3.8, 4) is 11.4 Å². The Kier molecular flexibility index (Phi) is 5.66. The van der Waals surface area contributed by atoms with Crippen LogP contribution < -0.4 is 10.2 Å². The summed E-state index contributed by atoms with van der Waals surface area (Å²) >= 11 is 11.8. The number of hydrogen-bond acceptors (Lipinski definition) is 4. The van der Waals surface area contributed by atoms with Gasteiger partial charge < -0.3 is 9.84 Å². The number of anilines is 1. The van der Waals surface area contributed by atoms with Crippen LogP contribution in [-0.2, 0) is 0 Å². The van der Waals surface area contributed by atoms with Gasteiger partial charge in [0.05, 0.1) is 11.6 Å². The molecule has 0 saturated heterocycles. The molecule has 1 aromatic heterocycles. The molecular formula is C25H18ClFN4OS. The second-order valence-corrected chi connectivity index (χ2v) is 8.36. The normalized spacial score (nSPS) is 16.2. The lowest BCUT2D eigenvalue weighted by Crippen LogP contribution is -2.46. The van der Waals surface area contributed by atoms with Crippen molar-refractivity contribution in [2.45, 2.75) is 13.0 Å². The maximum absolute atomic E-state index is 13.6. The van der Waals surface area contributed by atoms with Crippen molar-refractivity contribution in [3.05, 3.63) is 107 Å². The van der Waals surface area contributed by atoms with Gasteiger partial charge in [-0.25, -0.2) is 4.39 Å². The summed E-state index contributed by atoms with van der Waals surface area (Å²) in [6.07, 6.45) is 0. The summed E-state index contributed by atoms with van der Waals surface area (Å²) < 4.78 is 19.3. The molecule has 0 radical (unpaired) electrons. The van der Waals surface area contributed by atoms with Crippen molar-refractivity contribution in [2.75, 3.05) is 4.90 Å². The average molecular weight is 477 g/mol. The van der Waals surface area contributed by atoms with Crippen LogP contribution in [0.4, 0.5) is 10.1 Å². The number of hydrogen-bond donors (Lipinski definition) is 1. The summed E-state index contributed by atoms with van der Waals surface area (Å²) in [7, 11) is 0. The zero-order valence-electron chi connectivity index (χ0n) is 17.5. The molecule has 1 aliphatic heterocycles. The van der Waals surface area contributed by atoms with Crippen LogP contribution in [0.25, 0.3) is 17.0 Å². The molecule has 1 unspecified atom stereocenters. The van der Waals surface area contributed by atoms with Crippen molar-refractivity contribution in [1.82, 2.24) is 15.5 Å². The summed E-state index contributed by atoms with van der Waals surface area (Å²) in [5, 5.41) is 8.68. The molecule has 4 aromatic rings. The Morgan fingerprint density at radius 3 is 2.39 bits per heavy atom. The van der Waals surface area contributed by atoms with E-state index in [2.05, 4.69) is 15.5 Å². The molecule has 0 amide bonds. The Balaban J connectivity index is 1.65. The number of rotatable bonds is 4. The van der Waals surface area contributed by atoms with Gasteiger partial charge >= 0.3 is 0 Å². The predicted octanol–water partition coefficient (Wildman–Crippen LogP) is 6.40. The number of benzene rings is 3. The zero-order chi connectivity index (χ0) is 22.9. The smallest absolute Gasteiger partial charge is 0.258 e. The van der Waals surface area contributed by atoms with Gasteiger partial charge in [-0.2, -0.15) is 4.98 Å². The van der Waals surface area contributed by atoms with Gasteiger partial charge in [0.1, 0.15) is 5.82 Å². The third-order valence-electron chi connectivity index (χ3n) is 5.46. The van der Waals surface area contributed by atoms with Crippen LogP contribution in [-0.4, -0.2) is 15.3 Å². The minimum Gasteiger partial charge on any atom is -0.351 e. The highest BCUT2D eigenvalue weighted by Crippen LogP contribution is 2.39. The van der Waals surface area contributed by atoms with Gasteiger partial charge in [0.2, 0.25) is 5.82 Å². The lowest BCUT2D eigenvalue weighted by atomic mass is 9.94. The monoisotopic (exact) mass is 476 g/mol. The molecule has 1 atom stereocenters. The van der Waals surface area contributed by atoms with E-state index in [9.17, 15) is 4.39 Å². The van der Waals surface area contributed by atoms with Crippen LogP contribution in [0.5, 0.6) is 0 Å². The molecule has 3 aromatic carbocycles. The van der Waals surface area contributed by atoms with Gasteiger partial charge in [0.25, 0.3) is 5.89 Å². The Labute approximate surface area is 200 Å². The number of aromatic nitrogens is 2. The molecule has 1 aliphatic rings. The van der Waals surface area contributed by atoms with Crippen LogP contribution in [0.1, 0.15) is 24.4 Å². The van der Waals surface area contributed by atoms with Crippen molar-refractivity contribution >= 4 is 40.2 Å². The summed E-state index contributed by atoms with van der Waals surface area (Å²) in [4.78, 5) is 6.57. The Hall–Kier alpha value is -3.55. The molecule has 2 heterocycles. The molecule has 5 nitrogen and oxygen atoms in total. The number of allylic oxidation sites excluding steroid dienone is 1. The molecule has 0 spiro atoms. The first-order chi connectivity index (χ1) is 16.0. The van der Waals surface area contributed by atoms with E-state index in [4.69, 9.17) is 28.3 Å². The summed E-state index contributed by atoms with van der Waals surface area (Å²) in [6.45, 7) is 1.94. The third-order valence-corrected chi connectivity index (χ3v) is 6.01. The Morgan fingerprint density at radius 1 is 1.00 bits per heavy atom. The van der Waals surface area contributed by atoms with Gasteiger partial charge in [0.15, 0.2) is 5.11 Å². The first-order valence-corrected chi connectivity index (χ1v) is 11.0. The Morgan fingerprint density at radius 2 is 1.70 bits per heavy atom. The van der Waals surface area contributed by atoms with Crippen LogP contribution in [0.3, 0.4) is 0 Å². The molecular weight excluding hydrogens is 459 g/mol. The molecule has 0 bridgehead atoms. The standard InChI is InChI=1S/C25H18ClFN4OS/c1-15-21(24-29-23(30-32-24)17-5-3-2-4-6-17)22(16-7-11-19(27)12-8-16)28-25(33)31(15)20-13-9-18(26)10-14-20/h2-14,22H,1H3,(H,28,33). The van der Waals surface area contributed by atoms with E-state index in [1.165, 1.54) is 12.1 Å². The van der Waals surface area contributed by atoms with E-state index in [0.29, 0.717) is 21.9 Å². The Bertz CT molecular complexity index is 1340. The molecule has 0 saturated carbocycles. The van der Waals surface area contributed by atoms with Crippen LogP contribution in [0.15, 0.2) is 89.1 Å². The van der Waals surface area contributed by atoms with E-state index in [1.807, 2.05) is 54.3 Å². The van der Waals surface area contributed by atoms with Gasteiger partial charge in [-0.05, 0) is 61.1 Å². The average Bonchev–Trinajstić information content (AvgIpc) is 3.31. The molecule has 5 rings (SSSR count). The highest BCUT2D eigenvalue weighted by molar-refractivity contribution is 7.80. The second-order valence-electron chi connectivity index (χ2n) is 7.53. The molecule has 1 N–H and O–H groups in total. The van der Waals surface area contributed by atoms with Gasteiger partial charge in [-0.3, -0.25) is 4.90 Å². The molecule has 164 valence electrons. The van der Waals surface area contributed by atoms with Gasteiger partial charge in [-0.1, -0.05) is 59.2 Å². The van der Waals surface area contributed by atoms with E-state index in [-0.39, 0.29) is 5.82 Å². The highest BCUT2D eigenvalue weighted by atomic mass is 35.5. The van der Waals surface area contributed by atoms with Gasteiger partial charge in [-0.15, -0.1) is 0 Å². The topological polar surface area (TPSA) is 54.2 Å². The number of thiocarbonyl (C=S) groups is 1. The van der Waals surface area contributed by atoms with Crippen molar-refractivity contribution in [1.29, 1.82) is 0 Å². The quantitative estimate of drug-likeness (QED) is 0.344. The van der Waals surface area contributed by atoms with Crippen LogP contribution >= 0.6 is 23.8 Å². The minimum atomic E-state index is -0.397. The maximum Gasteiger partial charge on any atom is 0.258 e. The fourth-order valence-electron chi connectivity index (χ4n) is 3.86. The number of nitrogens with one attached hydrogen (secondary N) is 1. The summed E-state index contributed by atoms with van der Waals surface area (Å²) in [6, 6.07) is 22.9.